The Morgan fingerprint density at radius 3 is 1.02 bits per heavy atom. The molecule has 0 spiro atoms. The van der Waals surface area contributed by atoms with Gasteiger partial charge in [0.2, 0.25) is 0 Å². The third kappa shape index (κ3) is 10.5. The van der Waals surface area contributed by atoms with E-state index in [4.69, 9.17) is 9.98 Å². The van der Waals surface area contributed by atoms with Gasteiger partial charge in [0.15, 0.2) is 0 Å². The fourth-order valence-electron chi connectivity index (χ4n) is 4.49. The van der Waals surface area contributed by atoms with Crippen LogP contribution in [-0.2, 0) is 5.48 Å². The minimum absolute atomic E-state index is 0. The zero-order valence-electron chi connectivity index (χ0n) is 26.5. The zero-order valence-corrected chi connectivity index (χ0v) is 28.9. The molecule has 2 aromatic carbocycles. The fourth-order valence-corrected chi connectivity index (χ4v) is 4.49. The minimum Gasteiger partial charge on any atom is -0.457 e. The minimum atomic E-state index is 0. The summed E-state index contributed by atoms with van der Waals surface area (Å²) < 4.78 is 0. The van der Waals surface area contributed by atoms with Crippen molar-refractivity contribution in [3.8, 4) is 0 Å². The molecule has 0 amide bonds. The number of pyridine rings is 2. The Hall–Kier alpha value is -3.32. The molecule has 2 heterocycles. The molecule has 219 valence electrons. The summed E-state index contributed by atoms with van der Waals surface area (Å²) in [6.07, 6.45) is 7.29. The van der Waals surface area contributed by atoms with Crippen LogP contribution in [0.1, 0.15) is 113 Å². The molecule has 0 atom stereocenters. The zero-order chi connectivity index (χ0) is 29.1. The monoisotopic (exact) mass is 620 g/mol. The molecule has 0 saturated carbocycles. The van der Waals surface area contributed by atoms with Gasteiger partial charge in [0.05, 0.1) is 35.2 Å². The third-order valence-electron chi connectivity index (χ3n) is 6.71. The number of nitrogens with zero attached hydrogens (tertiary/aromatic N) is 4. The Morgan fingerprint density at radius 1 is 0.476 bits per heavy atom. The van der Waals surface area contributed by atoms with Crippen molar-refractivity contribution in [2.45, 2.75) is 79.1 Å². The van der Waals surface area contributed by atoms with Crippen molar-refractivity contribution in [3.63, 3.8) is 0 Å². The SMILES string of the molecule is CC(C)c1cccc(C(C)C)c1N=Cc1ccccn1.CC(C)c1cccc(C(C)C)c1N=Cc1ccccn1.[Ga].[OH3+]. The van der Waals surface area contributed by atoms with Gasteiger partial charge < -0.3 is 5.48 Å². The van der Waals surface area contributed by atoms with Gasteiger partial charge in [-0.1, -0.05) is 104 Å². The van der Waals surface area contributed by atoms with Crippen molar-refractivity contribution in [1.82, 2.24) is 9.97 Å². The molecule has 5 nitrogen and oxygen atoms in total. The molecule has 0 aliphatic rings. The van der Waals surface area contributed by atoms with Crippen LogP contribution >= 0.6 is 0 Å². The van der Waals surface area contributed by atoms with E-state index in [1.807, 2.05) is 48.8 Å². The quantitative estimate of drug-likeness (QED) is 0.112. The number of benzene rings is 2. The van der Waals surface area contributed by atoms with E-state index in [1.54, 1.807) is 12.4 Å². The molecule has 42 heavy (non-hydrogen) atoms. The maximum absolute atomic E-state index is 4.73. The topological polar surface area (TPSA) is 83.5 Å². The van der Waals surface area contributed by atoms with E-state index in [2.05, 4.69) is 102 Å². The Morgan fingerprint density at radius 2 is 0.786 bits per heavy atom. The summed E-state index contributed by atoms with van der Waals surface area (Å²) in [4.78, 5) is 18.0. The van der Waals surface area contributed by atoms with Crippen LogP contribution in [0.4, 0.5) is 11.4 Å². The van der Waals surface area contributed by atoms with Gasteiger partial charge in [0.25, 0.3) is 0 Å². The Labute approximate surface area is 266 Å². The van der Waals surface area contributed by atoms with Crippen LogP contribution in [0.5, 0.6) is 0 Å². The van der Waals surface area contributed by atoms with Gasteiger partial charge in [-0.2, -0.15) is 0 Å². The van der Waals surface area contributed by atoms with Crippen molar-refractivity contribution < 1.29 is 5.48 Å². The van der Waals surface area contributed by atoms with Crippen molar-refractivity contribution >= 4 is 43.6 Å². The van der Waals surface area contributed by atoms with Crippen molar-refractivity contribution in [1.29, 1.82) is 0 Å². The van der Waals surface area contributed by atoms with Crippen LogP contribution < -0.4 is 0 Å². The van der Waals surface area contributed by atoms with E-state index in [0.717, 1.165) is 22.8 Å². The second-order valence-corrected chi connectivity index (χ2v) is 11.2. The summed E-state index contributed by atoms with van der Waals surface area (Å²) in [6.45, 7) is 17.7. The van der Waals surface area contributed by atoms with Crippen LogP contribution in [-0.4, -0.2) is 42.2 Å². The molecule has 0 aliphatic carbocycles. The summed E-state index contributed by atoms with van der Waals surface area (Å²) in [5.74, 6) is 1.85. The van der Waals surface area contributed by atoms with Crippen LogP contribution in [0.25, 0.3) is 0 Å². The average Bonchev–Trinajstić information content (AvgIpc) is 2.95. The molecular formula is C36H47GaN4O+. The van der Waals surface area contributed by atoms with Gasteiger partial charge in [0.1, 0.15) is 0 Å². The Balaban J connectivity index is 0.000000401. The van der Waals surface area contributed by atoms with Crippen LogP contribution in [0.15, 0.2) is 95.2 Å². The number of hydrogen-bond acceptors (Lipinski definition) is 4. The second kappa shape index (κ2) is 18.3. The number of para-hydroxylation sites is 2. The first-order chi connectivity index (χ1) is 19.2. The normalized spacial score (nSPS) is 11.1. The molecule has 0 saturated heterocycles. The van der Waals surface area contributed by atoms with E-state index in [0.29, 0.717) is 23.7 Å². The molecule has 4 rings (SSSR count). The van der Waals surface area contributed by atoms with Gasteiger partial charge in [-0.25, -0.2) is 0 Å². The van der Waals surface area contributed by atoms with Gasteiger partial charge in [-0.15, -0.1) is 0 Å². The summed E-state index contributed by atoms with van der Waals surface area (Å²) in [7, 11) is 0. The maximum Gasteiger partial charge on any atom is 0.0812 e. The van der Waals surface area contributed by atoms with E-state index < -0.39 is 0 Å². The first-order valence-electron chi connectivity index (χ1n) is 14.3. The van der Waals surface area contributed by atoms with Gasteiger partial charge in [0, 0.05) is 32.2 Å². The van der Waals surface area contributed by atoms with E-state index in [-0.39, 0.29) is 25.3 Å². The molecule has 6 heteroatoms. The molecule has 0 aliphatic heterocycles. The van der Waals surface area contributed by atoms with Gasteiger partial charge in [-0.05, 0) is 70.2 Å². The van der Waals surface area contributed by atoms with Crippen molar-refractivity contribution in [2.24, 2.45) is 9.98 Å². The molecule has 3 N–H and O–H groups in total. The number of rotatable bonds is 8. The smallest absolute Gasteiger partial charge is 0.0812 e. The van der Waals surface area contributed by atoms with E-state index >= 15 is 0 Å². The molecule has 0 bridgehead atoms. The fraction of sp³-hybridized carbons (Fsp3) is 0.333. The van der Waals surface area contributed by atoms with Gasteiger partial charge >= 0.3 is 0 Å². The summed E-state index contributed by atoms with van der Waals surface area (Å²) in [5.41, 5.74) is 9.16. The molecule has 4 aromatic rings. The van der Waals surface area contributed by atoms with Crippen LogP contribution in [0, 0.1) is 0 Å². The average molecular weight is 622 g/mol. The Kier molecular flexibility index (Phi) is 16.0. The molecule has 2 aromatic heterocycles. The largest absolute Gasteiger partial charge is 0.457 e. The number of aliphatic imine (C=N–C) groups is 2. The third-order valence-corrected chi connectivity index (χ3v) is 6.71. The summed E-state index contributed by atoms with van der Waals surface area (Å²) in [5, 5.41) is 0. The standard InChI is InChI=1S/2C18H22N2.Ga.H2O/c2*1-13(2)16-9-7-10-17(14(3)4)18(16)20-12-15-8-5-6-11-19-15;;/h2*5-14H,1-4H3;;1H2/p+1. The predicted molar refractivity (Wildman–Crippen MR) is 183 cm³/mol. The maximum atomic E-state index is 4.73. The molecule has 0 unspecified atom stereocenters. The Bertz CT molecular complexity index is 1240. The van der Waals surface area contributed by atoms with Crippen molar-refractivity contribution in [3.05, 3.63) is 119 Å². The first-order valence-corrected chi connectivity index (χ1v) is 14.3. The summed E-state index contributed by atoms with van der Waals surface area (Å²) >= 11 is 0. The summed E-state index contributed by atoms with van der Waals surface area (Å²) in [6, 6.07) is 24.7. The molecular weight excluding hydrogens is 574 g/mol. The number of aromatic nitrogens is 2. The van der Waals surface area contributed by atoms with E-state index in [9.17, 15) is 0 Å². The van der Waals surface area contributed by atoms with Gasteiger partial charge in [-0.3, -0.25) is 20.0 Å². The molecule has 3 radical (unpaired) electrons. The van der Waals surface area contributed by atoms with Crippen molar-refractivity contribution in [2.75, 3.05) is 0 Å². The predicted octanol–water partition coefficient (Wildman–Crippen LogP) is 8.86. The van der Waals surface area contributed by atoms with Crippen LogP contribution in [0.3, 0.4) is 0 Å². The first kappa shape index (κ1) is 36.7. The number of hydrogen-bond donors (Lipinski definition) is 0. The van der Waals surface area contributed by atoms with E-state index in [1.165, 1.54) is 22.3 Å². The second-order valence-electron chi connectivity index (χ2n) is 11.2. The molecule has 0 fully saturated rings. The van der Waals surface area contributed by atoms with Crippen LogP contribution in [0.2, 0.25) is 0 Å².